The Labute approximate surface area is 178 Å². The number of alkyl halides is 3. The van der Waals surface area contributed by atoms with Crippen molar-refractivity contribution in [3.63, 3.8) is 0 Å². The fraction of sp³-hybridized carbons (Fsp3) is 0.316. The highest BCUT2D eigenvalue weighted by Gasteiger charge is 2.34. The molecule has 3 rings (SSSR count). The van der Waals surface area contributed by atoms with Crippen molar-refractivity contribution in [1.29, 1.82) is 0 Å². The molecule has 12 heteroatoms. The lowest BCUT2D eigenvalue weighted by Crippen LogP contribution is -2.58. The molecule has 1 aliphatic heterocycles. The monoisotopic (exact) mass is 462 g/mol. The van der Waals surface area contributed by atoms with E-state index in [0.717, 1.165) is 24.4 Å². The molecule has 2 heterocycles. The van der Waals surface area contributed by atoms with Crippen molar-refractivity contribution in [3.05, 3.63) is 63.9 Å². The van der Waals surface area contributed by atoms with E-state index in [1.807, 2.05) is 0 Å². The van der Waals surface area contributed by atoms with E-state index in [1.54, 1.807) is 0 Å². The Morgan fingerprint density at radius 2 is 2.00 bits per heavy atom. The molecule has 0 saturated carbocycles. The Morgan fingerprint density at radius 1 is 1.29 bits per heavy atom. The quantitative estimate of drug-likeness (QED) is 0.540. The fourth-order valence-corrected chi connectivity index (χ4v) is 3.29. The van der Waals surface area contributed by atoms with E-state index in [1.165, 1.54) is 11.8 Å². The van der Waals surface area contributed by atoms with Crippen molar-refractivity contribution in [2.24, 2.45) is 0 Å². The second-order valence-electron chi connectivity index (χ2n) is 6.78. The van der Waals surface area contributed by atoms with Crippen LogP contribution in [0.2, 0.25) is 5.02 Å². The lowest BCUT2D eigenvalue weighted by atomic mass is 9.99. The second-order valence-corrected chi connectivity index (χ2v) is 7.16. The number of halogens is 6. The molecule has 31 heavy (non-hydrogen) atoms. The van der Waals surface area contributed by atoms with Crippen LogP contribution in [0.4, 0.5) is 26.7 Å². The third kappa shape index (κ3) is 4.71. The van der Waals surface area contributed by atoms with Crippen LogP contribution in [0.25, 0.3) is 0 Å². The summed E-state index contributed by atoms with van der Waals surface area (Å²) in [5.41, 5.74) is -1.47. The van der Waals surface area contributed by atoms with Gasteiger partial charge in [-0.15, -0.1) is 0 Å². The number of piperazine rings is 1. The van der Waals surface area contributed by atoms with Crippen molar-refractivity contribution in [1.82, 2.24) is 20.5 Å². The van der Waals surface area contributed by atoms with Crippen LogP contribution in [0.15, 0.2) is 30.5 Å². The highest BCUT2D eigenvalue weighted by Crippen LogP contribution is 2.32. The molecule has 2 atom stereocenters. The molecular weight excluding hydrogens is 447 g/mol. The minimum Gasteiger partial charge on any atom is -0.353 e. The Balaban J connectivity index is 2.00. The Bertz CT molecular complexity index is 1000. The zero-order valence-electron chi connectivity index (χ0n) is 15.9. The SMILES string of the molecule is C[C@@H]1C(=O)NCCN1C(=O)N[C@H](c1ccc(C(F)(F)F)nc1)c1ccc(F)c(Cl)c1F. The number of urea groups is 1. The first kappa shape index (κ1) is 22.7. The summed E-state index contributed by atoms with van der Waals surface area (Å²) in [4.78, 5) is 29.2. The van der Waals surface area contributed by atoms with Crippen LogP contribution in [0.5, 0.6) is 0 Å². The minimum absolute atomic E-state index is 0.00274. The number of nitrogens with one attached hydrogen (secondary N) is 2. The highest BCUT2D eigenvalue weighted by molar-refractivity contribution is 6.31. The first-order valence-electron chi connectivity index (χ1n) is 9.02. The lowest BCUT2D eigenvalue weighted by molar-refractivity contribution is -0.141. The zero-order valence-corrected chi connectivity index (χ0v) is 16.7. The van der Waals surface area contributed by atoms with Gasteiger partial charge in [-0.3, -0.25) is 9.78 Å². The van der Waals surface area contributed by atoms with Gasteiger partial charge in [-0.2, -0.15) is 13.2 Å². The molecular formula is C19H16ClF5N4O2. The summed E-state index contributed by atoms with van der Waals surface area (Å²) >= 11 is 5.64. The Hall–Kier alpha value is -2.95. The van der Waals surface area contributed by atoms with E-state index in [2.05, 4.69) is 15.6 Å². The number of benzene rings is 1. The summed E-state index contributed by atoms with van der Waals surface area (Å²) in [5, 5.41) is 4.23. The average Bonchev–Trinajstić information content (AvgIpc) is 2.72. The van der Waals surface area contributed by atoms with Gasteiger partial charge in [0.2, 0.25) is 5.91 Å². The van der Waals surface area contributed by atoms with Crippen LogP contribution in [0.1, 0.15) is 29.8 Å². The molecule has 2 N–H and O–H groups in total. The van der Waals surface area contributed by atoms with Gasteiger partial charge < -0.3 is 15.5 Å². The number of carbonyl (C=O) groups is 2. The van der Waals surface area contributed by atoms with Crippen molar-refractivity contribution in [3.8, 4) is 0 Å². The van der Waals surface area contributed by atoms with E-state index in [-0.39, 0.29) is 24.2 Å². The maximum atomic E-state index is 14.7. The van der Waals surface area contributed by atoms with Gasteiger partial charge in [0.1, 0.15) is 28.4 Å². The Morgan fingerprint density at radius 3 is 2.61 bits per heavy atom. The number of hydrogen-bond donors (Lipinski definition) is 2. The fourth-order valence-electron chi connectivity index (χ4n) is 3.11. The number of aromatic nitrogens is 1. The average molecular weight is 463 g/mol. The first-order valence-corrected chi connectivity index (χ1v) is 9.40. The van der Waals surface area contributed by atoms with Gasteiger partial charge in [-0.1, -0.05) is 23.7 Å². The van der Waals surface area contributed by atoms with E-state index in [0.29, 0.717) is 6.07 Å². The van der Waals surface area contributed by atoms with Gasteiger partial charge >= 0.3 is 12.2 Å². The second kappa shape index (κ2) is 8.66. The number of hydrogen-bond acceptors (Lipinski definition) is 3. The molecule has 1 aliphatic rings. The molecule has 1 aromatic carbocycles. The molecule has 0 bridgehead atoms. The van der Waals surface area contributed by atoms with Crippen molar-refractivity contribution < 1.29 is 31.5 Å². The number of carbonyl (C=O) groups excluding carboxylic acids is 2. The van der Waals surface area contributed by atoms with Crippen molar-refractivity contribution >= 4 is 23.5 Å². The van der Waals surface area contributed by atoms with Crippen LogP contribution >= 0.6 is 11.6 Å². The normalized spacial score (nSPS) is 17.8. The standard InChI is InChI=1S/C19H16ClF5N4O2/c1-9-17(30)26-6-7-29(9)18(31)28-16(11-3-4-12(21)14(20)15(11)22)10-2-5-13(27-8-10)19(23,24)25/h2-5,8-9,16H,6-7H2,1H3,(H,26,30)(H,28,31)/t9-,16-/m1/s1. The molecule has 0 aliphatic carbocycles. The summed E-state index contributed by atoms with van der Waals surface area (Å²) in [6.07, 6.45) is -3.87. The van der Waals surface area contributed by atoms with Crippen LogP contribution in [-0.2, 0) is 11.0 Å². The van der Waals surface area contributed by atoms with Gasteiger partial charge in [-0.25, -0.2) is 13.6 Å². The van der Waals surface area contributed by atoms with Gasteiger partial charge in [0, 0.05) is 24.8 Å². The summed E-state index contributed by atoms with van der Waals surface area (Å²) in [7, 11) is 0. The van der Waals surface area contributed by atoms with Crippen molar-refractivity contribution in [2.75, 3.05) is 13.1 Å². The molecule has 1 saturated heterocycles. The predicted octanol–water partition coefficient (Wildman–Crippen LogP) is 3.65. The van der Waals surface area contributed by atoms with Crippen LogP contribution in [-0.4, -0.2) is 41.0 Å². The maximum Gasteiger partial charge on any atom is 0.433 e. The van der Waals surface area contributed by atoms with Gasteiger partial charge in [0.25, 0.3) is 0 Å². The van der Waals surface area contributed by atoms with Crippen LogP contribution < -0.4 is 10.6 Å². The molecule has 166 valence electrons. The first-order chi connectivity index (χ1) is 14.5. The minimum atomic E-state index is -4.70. The number of nitrogens with zero attached hydrogens (tertiary/aromatic N) is 2. The van der Waals surface area contributed by atoms with Gasteiger partial charge in [0.15, 0.2) is 0 Å². The smallest absolute Gasteiger partial charge is 0.353 e. The molecule has 0 unspecified atom stereocenters. The van der Waals surface area contributed by atoms with Crippen LogP contribution in [0.3, 0.4) is 0 Å². The topological polar surface area (TPSA) is 74.3 Å². The number of rotatable bonds is 3. The molecule has 6 nitrogen and oxygen atoms in total. The summed E-state index contributed by atoms with van der Waals surface area (Å²) in [6.45, 7) is 1.83. The van der Waals surface area contributed by atoms with E-state index in [9.17, 15) is 31.5 Å². The molecule has 0 spiro atoms. The number of amides is 3. The van der Waals surface area contributed by atoms with Gasteiger partial charge in [0.05, 0.1) is 6.04 Å². The lowest BCUT2D eigenvalue weighted by Gasteiger charge is -2.34. The van der Waals surface area contributed by atoms with E-state index < -0.39 is 52.5 Å². The summed E-state index contributed by atoms with van der Waals surface area (Å²) in [6, 6.07) is 0.629. The molecule has 3 amide bonds. The molecule has 1 fully saturated rings. The number of pyridine rings is 1. The summed E-state index contributed by atoms with van der Waals surface area (Å²) in [5.74, 6) is -2.62. The maximum absolute atomic E-state index is 14.7. The zero-order chi connectivity index (χ0) is 22.9. The van der Waals surface area contributed by atoms with E-state index in [4.69, 9.17) is 11.6 Å². The highest BCUT2D eigenvalue weighted by atomic mass is 35.5. The van der Waals surface area contributed by atoms with Crippen molar-refractivity contribution in [2.45, 2.75) is 25.2 Å². The largest absolute Gasteiger partial charge is 0.433 e. The third-order valence-corrected chi connectivity index (χ3v) is 5.16. The van der Waals surface area contributed by atoms with Crippen LogP contribution in [0, 0.1) is 11.6 Å². The third-order valence-electron chi connectivity index (χ3n) is 4.81. The summed E-state index contributed by atoms with van der Waals surface area (Å²) < 4.78 is 66.8. The Kier molecular flexibility index (Phi) is 6.35. The van der Waals surface area contributed by atoms with Gasteiger partial charge in [-0.05, 0) is 24.6 Å². The molecule has 2 aromatic rings. The molecule has 0 radical (unpaired) electrons. The molecule has 1 aromatic heterocycles. The predicted molar refractivity (Wildman–Crippen MR) is 100 cm³/mol. The van der Waals surface area contributed by atoms with E-state index >= 15 is 0 Å².